The van der Waals surface area contributed by atoms with Crippen LogP contribution in [0.3, 0.4) is 0 Å². The number of methoxy groups -OCH3 is 1. The monoisotopic (exact) mass is 232 g/mol. The van der Waals surface area contributed by atoms with Gasteiger partial charge in [0, 0.05) is 24.1 Å². The molecule has 0 bridgehead atoms. The fourth-order valence-electron chi connectivity index (χ4n) is 1.65. The van der Waals surface area contributed by atoms with Crippen LogP contribution in [0.2, 0.25) is 0 Å². The maximum atomic E-state index is 11.8. The number of fused-ring (bicyclic) bond motifs is 1. The van der Waals surface area contributed by atoms with Gasteiger partial charge in [-0.05, 0) is 18.2 Å². The number of hydrogen-bond acceptors (Lipinski definition) is 3. The lowest BCUT2D eigenvalue weighted by molar-refractivity contribution is -0.116. The maximum Gasteiger partial charge on any atom is 0.292 e. The number of Topliss-reactive ketones (excluding diaryl/α,β-unsaturated/α-hetero) is 1. The molecule has 1 aromatic heterocycles. The van der Waals surface area contributed by atoms with Crippen LogP contribution in [0.4, 0.5) is 0 Å². The van der Waals surface area contributed by atoms with Crippen molar-refractivity contribution in [2.75, 3.05) is 14.2 Å². The van der Waals surface area contributed by atoms with Gasteiger partial charge in [-0.1, -0.05) is 0 Å². The first kappa shape index (κ1) is 11.2. The van der Waals surface area contributed by atoms with E-state index in [2.05, 4.69) is 10.3 Å². The van der Waals surface area contributed by atoms with Gasteiger partial charge < -0.3 is 15.0 Å². The molecule has 2 N–H and O–H groups in total. The number of nitrogens with one attached hydrogen (secondary N) is 2. The van der Waals surface area contributed by atoms with E-state index < -0.39 is 11.7 Å². The van der Waals surface area contributed by atoms with Gasteiger partial charge in [-0.3, -0.25) is 9.59 Å². The lowest BCUT2D eigenvalue weighted by atomic mass is 10.1. The zero-order chi connectivity index (χ0) is 12.4. The van der Waals surface area contributed by atoms with E-state index in [-0.39, 0.29) is 0 Å². The number of carbonyl (C=O) groups is 2. The van der Waals surface area contributed by atoms with Crippen LogP contribution in [0.15, 0.2) is 24.4 Å². The third-order valence-corrected chi connectivity index (χ3v) is 2.57. The van der Waals surface area contributed by atoms with E-state index in [1.807, 2.05) is 0 Å². The van der Waals surface area contributed by atoms with Gasteiger partial charge in [0.1, 0.15) is 5.75 Å². The molecule has 2 rings (SSSR count). The number of benzene rings is 1. The minimum atomic E-state index is -0.631. The SMILES string of the molecule is CNC(=O)C(=O)c1c[nH]c2ccc(OC)cc12. The van der Waals surface area contributed by atoms with Crippen LogP contribution in [0.5, 0.6) is 5.75 Å². The lowest BCUT2D eigenvalue weighted by Gasteiger charge is -2.01. The summed E-state index contributed by atoms with van der Waals surface area (Å²) in [5.41, 5.74) is 1.14. The summed E-state index contributed by atoms with van der Waals surface area (Å²) in [5, 5.41) is 2.99. The van der Waals surface area contributed by atoms with E-state index in [1.54, 1.807) is 25.3 Å². The second-order valence-electron chi connectivity index (χ2n) is 3.52. The van der Waals surface area contributed by atoms with Crippen LogP contribution in [-0.4, -0.2) is 30.8 Å². The molecule has 0 atom stereocenters. The summed E-state index contributed by atoms with van der Waals surface area (Å²) in [5.74, 6) is -0.552. The summed E-state index contributed by atoms with van der Waals surface area (Å²) < 4.78 is 5.09. The smallest absolute Gasteiger partial charge is 0.292 e. The third-order valence-electron chi connectivity index (χ3n) is 2.57. The Morgan fingerprint density at radius 2 is 2.12 bits per heavy atom. The van der Waals surface area contributed by atoms with Gasteiger partial charge in [0.2, 0.25) is 0 Å². The van der Waals surface area contributed by atoms with Crippen molar-refractivity contribution in [3.63, 3.8) is 0 Å². The highest BCUT2D eigenvalue weighted by atomic mass is 16.5. The molecule has 0 aliphatic rings. The number of H-pyrrole nitrogens is 1. The molecule has 0 aliphatic heterocycles. The summed E-state index contributed by atoms with van der Waals surface area (Å²) >= 11 is 0. The van der Waals surface area contributed by atoms with Gasteiger partial charge in [-0.25, -0.2) is 0 Å². The Hall–Kier alpha value is -2.30. The minimum absolute atomic E-state index is 0.346. The predicted octanol–water partition coefficient (Wildman–Crippen LogP) is 1.11. The van der Waals surface area contributed by atoms with Crippen LogP contribution >= 0.6 is 0 Å². The Bertz CT molecular complexity index is 586. The fraction of sp³-hybridized carbons (Fsp3) is 0.167. The van der Waals surface area contributed by atoms with Gasteiger partial charge in [0.05, 0.1) is 12.7 Å². The molecule has 0 aliphatic carbocycles. The summed E-state index contributed by atoms with van der Waals surface area (Å²) in [6, 6.07) is 5.31. The Labute approximate surface area is 97.8 Å². The number of ether oxygens (including phenoxy) is 1. The highest BCUT2D eigenvalue weighted by Crippen LogP contribution is 2.23. The number of likely N-dealkylation sites (N-methyl/N-ethyl adjacent to an activating group) is 1. The van der Waals surface area contributed by atoms with E-state index in [1.165, 1.54) is 13.2 Å². The molecule has 0 unspecified atom stereocenters. The molecule has 0 radical (unpaired) electrons. The first-order chi connectivity index (χ1) is 8.17. The van der Waals surface area contributed by atoms with Crippen molar-refractivity contribution in [2.45, 2.75) is 0 Å². The quantitative estimate of drug-likeness (QED) is 0.615. The molecule has 5 nitrogen and oxygen atoms in total. The molecule has 0 saturated heterocycles. The van der Waals surface area contributed by atoms with Gasteiger partial charge in [0.15, 0.2) is 0 Å². The molecule has 17 heavy (non-hydrogen) atoms. The van der Waals surface area contributed by atoms with E-state index in [9.17, 15) is 9.59 Å². The average molecular weight is 232 g/mol. The Morgan fingerprint density at radius 3 is 2.76 bits per heavy atom. The molecule has 0 spiro atoms. The predicted molar refractivity (Wildman–Crippen MR) is 63.2 cm³/mol. The van der Waals surface area contributed by atoms with Gasteiger partial charge in [-0.2, -0.15) is 0 Å². The molecular formula is C12H12N2O3. The molecular weight excluding hydrogens is 220 g/mol. The standard InChI is InChI=1S/C12H12N2O3/c1-13-12(16)11(15)9-6-14-10-4-3-7(17-2)5-8(9)10/h3-6,14H,1-2H3,(H,13,16). The van der Waals surface area contributed by atoms with Gasteiger partial charge in [0.25, 0.3) is 11.7 Å². The first-order valence-corrected chi connectivity index (χ1v) is 5.09. The first-order valence-electron chi connectivity index (χ1n) is 5.09. The summed E-state index contributed by atoms with van der Waals surface area (Å²) in [7, 11) is 2.98. The second kappa shape index (κ2) is 4.29. The van der Waals surface area contributed by atoms with Gasteiger partial charge >= 0.3 is 0 Å². The highest BCUT2D eigenvalue weighted by Gasteiger charge is 2.18. The topological polar surface area (TPSA) is 71.2 Å². The number of rotatable bonds is 3. The molecule has 1 aromatic carbocycles. The van der Waals surface area contributed by atoms with Crippen molar-refractivity contribution in [3.05, 3.63) is 30.0 Å². The maximum absolute atomic E-state index is 11.8. The zero-order valence-corrected chi connectivity index (χ0v) is 9.53. The van der Waals surface area contributed by atoms with Crippen molar-refractivity contribution in [1.82, 2.24) is 10.3 Å². The Kier molecular flexibility index (Phi) is 2.82. The molecule has 5 heteroatoms. The van der Waals surface area contributed by atoms with Crippen molar-refractivity contribution in [3.8, 4) is 5.75 Å². The number of hydrogen-bond donors (Lipinski definition) is 2. The van der Waals surface area contributed by atoms with Crippen LogP contribution in [0.1, 0.15) is 10.4 Å². The summed E-state index contributed by atoms with van der Waals surface area (Å²) in [6.45, 7) is 0. The van der Waals surface area contributed by atoms with Crippen LogP contribution in [0, 0.1) is 0 Å². The van der Waals surface area contributed by atoms with Crippen molar-refractivity contribution >= 4 is 22.6 Å². The van der Waals surface area contributed by atoms with Crippen molar-refractivity contribution in [2.24, 2.45) is 0 Å². The van der Waals surface area contributed by atoms with E-state index in [0.29, 0.717) is 16.7 Å². The number of aromatic amines is 1. The van der Waals surface area contributed by atoms with Gasteiger partial charge in [-0.15, -0.1) is 0 Å². The fourth-order valence-corrected chi connectivity index (χ4v) is 1.65. The third kappa shape index (κ3) is 1.87. The normalized spacial score (nSPS) is 10.2. The number of carbonyl (C=O) groups excluding carboxylic acids is 2. The largest absolute Gasteiger partial charge is 0.497 e. The number of amides is 1. The molecule has 2 aromatic rings. The Balaban J connectivity index is 2.54. The Morgan fingerprint density at radius 1 is 1.35 bits per heavy atom. The summed E-state index contributed by atoms with van der Waals surface area (Å²) in [4.78, 5) is 26.0. The second-order valence-corrected chi connectivity index (χ2v) is 3.52. The van der Waals surface area contributed by atoms with Crippen molar-refractivity contribution < 1.29 is 14.3 Å². The zero-order valence-electron chi connectivity index (χ0n) is 9.53. The van der Waals surface area contributed by atoms with Crippen molar-refractivity contribution in [1.29, 1.82) is 0 Å². The molecule has 1 amide bonds. The van der Waals surface area contributed by atoms with Crippen LogP contribution < -0.4 is 10.1 Å². The molecule has 1 heterocycles. The van der Waals surface area contributed by atoms with E-state index in [0.717, 1.165) is 5.52 Å². The van der Waals surface area contributed by atoms with E-state index in [4.69, 9.17) is 4.74 Å². The number of aromatic nitrogens is 1. The minimum Gasteiger partial charge on any atom is -0.497 e. The molecule has 0 fully saturated rings. The van der Waals surface area contributed by atoms with Crippen LogP contribution in [0.25, 0.3) is 10.9 Å². The highest BCUT2D eigenvalue weighted by molar-refractivity contribution is 6.44. The number of ketones is 1. The summed E-state index contributed by atoms with van der Waals surface area (Å²) in [6.07, 6.45) is 1.53. The average Bonchev–Trinajstić information content (AvgIpc) is 2.79. The lowest BCUT2D eigenvalue weighted by Crippen LogP contribution is -2.27. The van der Waals surface area contributed by atoms with E-state index >= 15 is 0 Å². The molecule has 0 saturated carbocycles. The van der Waals surface area contributed by atoms with Crippen LogP contribution in [-0.2, 0) is 4.79 Å². The molecule has 88 valence electrons.